The Hall–Kier alpha value is -1.71. The van der Waals surface area contributed by atoms with Gasteiger partial charge in [0.1, 0.15) is 6.10 Å². The monoisotopic (exact) mass is 254 g/mol. The van der Waals surface area contributed by atoms with Crippen LogP contribution in [0.25, 0.3) is 5.57 Å². The number of allylic oxidation sites excluding steroid dienone is 2. The molecule has 0 fully saturated rings. The van der Waals surface area contributed by atoms with E-state index in [4.69, 9.17) is 4.74 Å². The van der Waals surface area contributed by atoms with Crippen LogP contribution in [0.2, 0.25) is 0 Å². The second kappa shape index (κ2) is 4.88. The van der Waals surface area contributed by atoms with Crippen molar-refractivity contribution >= 4 is 5.57 Å². The van der Waals surface area contributed by atoms with Crippen LogP contribution in [-0.4, -0.2) is 6.10 Å². The maximum absolute atomic E-state index is 12.4. The summed E-state index contributed by atoms with van der Waals surface area (Å²) in [6.07, 6.45) is 1.71. The van der Waals surface area contributed by atoms with E-state index in [1.807, 2.05) is 19.1 Å². The van der Waals surface area contributed by atoms with E-state index >= 15 is 0 Å². The van der Waals surface area contributed by atoms with Crippen molar-refractivity contribution in [3.05, 3.63) is 53.8 Å². The lowest BCUT2D eigenvalue weighted by Crippen LogP contribution is -2.04. The summed E-state index contributed by atoms with van der Waals surface area (Å²) in [5, 5.41) is 0. The second-order valence-electron chi connectivity index (χ2n) is 4.18. The molecule has 0 amide bonds. The molecule has 1 atom stereocenters. The normalized spacial score (nSPS) is 20.0. The predicted molar refractivity (Wildman–Crippen MR) is 63.7 cm³/mol. The molecule has 1 aromatic carbocycles. The van der Waals surface area contributed by atoms with Gasteiger partial charge in [0.2, 0.25) is 0 Å². The van der Waals surface area contributed by atoms with E-state index < -0.39 is 11.7 Å². The van der Waals surface area contributed by atoms with Crippen LogP contribution in [-0.2, 0) is 10.9 Å². The highest BCUT2D eigenvalue weighted by atomic mass is 19.4. The minimum atomic E-state index is -4.29. The third-order valence-corrected chi connectivity index (χ3v) is 2.75. The average molecular weight is 254 g/mol. The Morgan fingerprint density at radius 2 is 1.83 bits per heavy atom. The maximum Gasteiger partial charge on any atom is 0.416 e. The largest absolute Gasteiger partial charge is 0.495 e. The first-order valence-corrected chi connectivity index (χ1v) is 5.65. The van der Waals surface area contributed by atoms with Gasteiger partial charge in [-0.15, -0.1) is 0 Å². The fourth-order valence-electron chi connectivity index (χ4n) is 1.83. The number of alkyl halides is 3. The molecule has 0 aliphatic carbocycles. The fourth-order valence-corrected chi connectivity index (χ4v) is 1.83. The Morgan fingerprint density at radius 3 is 2.44 bits per heavy atom. The Kier molecular flexibility index (Phi) is 3.45. The lowest BCUT2D eigenvalue weighted by atomic mass is 10.00. The van der Waals surface area contributed by atoms with Gasteiger partial charge in [-0.1, -0.05) is 12.1 Å². The standard InChI is InChI=1S/C14H13F3O/c1-10-9-12(3-2-8-18-10)11-4-6-13(7-5-11)14(15,16)17/h2,4-10H,3H2,1H3. The molecule has 1 heterocycles. The molecular formula is C14H13F3O. The van der Waals surface area contributed by atoms with Gasteiger partial charge in [-0.05, 0) is 48.8 Å². The molecule has 4 heteroatoms. The van der Waals surface area contributed by atoms with Crippen molar-refractivity contribution in [3.63, 3.8) is 0 Å². The average Bonchev–Trinajstić information content (AvgIpc) is 2.53. The summed E-state index contributed by atoms with van der Waals surface area (Å²) in [6, 6.07) is 5.22. The van der Waals surface area contributed by atoms with Gasteiger partial charge in [0.15, 0.2) is 0 Å². The van der Waals surface area contributed by atoms with E-state index in [-0.39, 0.29) is 6.10 Å². The van der Waals surface area contributed by atoms with Crippen molar-refractivity contribution in [2.45, 2.75) is 25.6 Å². The minimum Gasteiger partial charge on any atom is -0.495 e. The molecule has 0 saturated carbocycles. The van der Waals surface area contributed by atoms with Gasteiger partial charge in [-0.2, -0.15) is 13.2 Å². The van der Waals surface area contributed by atoms with Gasteiger partial charge < -0.3 is 4.74 Å². The van der Waals surface area contributed by atoms with Crippen LogP contribution in [0.3, 0.4) is 0 Å². The van der Waals surface area contributed by atoms with Crippen molar-refractivity contribution in [1.29, 1.82) is 0 Å². The van der Waals surface area contributed by atoms with E-state index in [1.165, 1.54) is 12.1 Å². The van der Waals surface area contributed by atoms with Crippen molar-refractivity contribution in [2.75, 3.05) is 0 Å². The van der Waals surface area contributed by atoms with E-state index in [0.29, 0.717) is 6.42 Å². The van der Waals surface area contributed by atoms with Crippen molar-refractivity contribution in [2.24, 2.45) is 0 Å². The lowest BCUT2D eigenvalue weighted by Gasteiger charge is -2.10. The highest BCUT2D eigenvalue weighted by Crippen LogP contribution is 2.31. The third kappa shape index (κ3) is 2.94. The Morgan fingerprint density at radius 1 is 1.17 bits per heavy atom. The Labute approximate surface area is 104 Å². The summed E-state index contributed by atoms with van der Waals surface area (Å²) in [5.74, 6) is 0. The van der Waals surface area contributed by atoms with Gasteiger partial charge in [0.05, 0.1) is 11.8 Å². The first kappa shape index (κ1) is 12.7. The van der Waals surface area contributed by atoms with Crippen LogP contribution >= 0.6 is 0 Å². The van der Waals surface area contributed by atoms with Gasteiger partial charge in [-0.25, -0.2) is 0 Å². The summed E-state index contributed by atoms with van der Waals surface area (Å²) in [7, 11) is 0. The molecule has 1 unspecified atom stereocenters. The fraction of sp³-hybridized carbons (Fsp3) is 0.286. The molecule has 1 aliphatic rings. The van der Waals surface area contributed by atoms with Crippen molar-refractivity contribution < 1.29 is 17.9 Å². The van der Waals surface area contributed by atoms with Crippen LogP contribution < -0.4 is 0 Å². The van der Waals surface area contributed by atoms with Crippen LogP contribution in [0.1, 0.15) is 24.5 Å². The second-order valence-corrected chi connectivity index (χ2v) is 4.18. The Bertz CT molecular complexity index is 469. The molecule has 96 valence electrons. The molecule has 0 saturated heterocycles. The minimum absolute atomic E-state index is 0.0685. The van der Waals surface area contributed by atoms with Crippen LogP contribution in [0.5, 0.6) is 0 Å². The predicted octanol–water partition coefficient (Wildman–Crippen LogP) is 4.41. The van der Waals surface area contributed by atoms with Crippen LogP contribution in [0, 0.1) is 0 Å². The smallest absolute Gasteiger partial charge is 0.416 e. The molecule has 0 bridgehead atoms. The molecule has 1 aromatic rings. The van der Waals surface area contributed by atoms with Gasteiger partial charge in [-0.3, -0.25) is 0 Å². The number of hydrogen-bond acceptors (Lipinski definition) is 1. The van der Waals surface area contributed by atoms with Gasteiger partial charge in [0.25, 0.3) is 0 Å². The summed E-state index contributed by atoms with van der Waals surface area (Å²) >= 11 is 0. The molecule has 2 rings (SSSR count). The first-order chi connectivity index (χ1) is 8.47. The van der Waals surface area contributed by atoms with E-state index in [9.17, 15) is 13.2 Å². The highest BCUT2D eigenvalue weighted by molar-refractivity contribution is 5.67. The number of ether oxygens (including phenoxy) is 1. The third-order valence-electron chi connectivity index (χ3n) is 2.75. The molecule has 18 heavy (non-hydrogen) atoms. The SMILES string of the molecule is CC1C=C(c2ccc(C(F)(F)F)cc2)CC=CO1. The number of rotatable bonds is 1. The summed E-state index contributed by atoms with van der Waals surface area (Å²) in [5.41, 5.74) is 1.15. The molecule has 0 N–H and O–H groups in total. The van der Waals surface area contributed by atoms with Crippen molar-refractivity contribution in [3.8, 4) is 0 Å². The van der Waals surface area contributed by atoms with E-state index in [1.54, 1.807) is 6.26 Å². The topological polar surface area (TPSA) is 9.23 Å². The summed E-state index contributed by atoms with van der Waals surface area (Å²) in [6.45, 7) is 1.89. The lowest BCUT2D eigenvalue weighted by molar-refractivity contribution is -0.137. The maximum atomic E-state index is 12.4. The summed E-state index contributed by atoms with van der Waals surface area (Å²) < 4.78 is 42.6. The van der Waals surface area contributed by atoms with Crippen molar-refractivity contribution in [1.82, 2.24) is 0 Å². The number of hydrogen-bond donors (Lipinski definition) is 0. The first-order valence-electron chi connectivity index (χ1n) is 5.65. The number of benzene rings is 1. The Balaban J connectivity index is 2.27. The number of halogens is 3. The van der Waals surface area contributed by atoms with Crippen LogP contribution in [0.4, 0.5) is 13.2 Å². The van der Waals surface area contributed by atoms with Gasteiger partial charge >= 0.3 is 6.18 Å². The zero-order valence-corrected chi connectivity index (χ0v) is 9.87. The zero-order chi connectivity index (χ0) is 13.2. The quantitative estimate of drug-likeness (QED) is 0.721. The molecular weight excluding hydrogens is 241 g/mol. The summed E-state index contributed by atoms with van der Waals surface area (Å²) in [4.78, 5) is 0. The van der Waals surface area contributed by atoms with Crippen LogP contribution in [0.15, 0.2) is 42.7 Å². The highest BCUT2D eigenvalue weighted by Gasteiger charge is 2.30. The molecule has 1 nitrogen and oxygen atoms in total. The molecule has 0 radical (unpaired) electrons. The molecule has 0 spiro atoms. The van der Waals surface area contributed by atoms with Gasteiger partial charge in [0, 0.05) is 0 Å². The zero-order valence-electron chi connectivity index (χ0n) is 9.87. The van der Waals surface area contributed by atoms with E-state index in [0.717, 1.165) is 23.3 Å². The molecule has 1 aliphatic heterocycles. The molecule has 0 aromatic heterocycles. The van der Waals surface area contributed by atoms with E-state index in [2.05, 4.69) is 0 Å².